The van der Waals surface area contributed by atoms with Gasteiger partial charge in [-0.25, -0.2) is 9.59 Å². The number of ether oxygens (including phenoxy) is 3. The maximum absolute atomic E-state index is 12.3. The van der Waals surface area contributed by atoms with Crippen molar-refractivity contribution in [3.05, 3.63) is 45.3 Å². The van der Waals surface area contributed by atoms with Crippen LogP contribution in [0, 0.1) is 6.92 Å². The Morgan fingerprint density at radius 3 is 2.45 bits per heavy atom. The molecule has 1 aromatic heterocycles. The first-order valence-electron chi connectivity index (χ1n) is 9.13. The molecule has 11 heteroatoms. The smallest absolute Gasteiger partial charge is 0.344 e. The number of amides is 2. The first-order valence-corrected chi connectivity index (χ1v) is 10.3. The van der Waals surface area contributed by atoms with Gasteiger partial charge in [-0.15, -0.1) is 11.3 Å². The molecule has 2 rings (SSSR count). The quantitative estimate of drug-likeness (QED) is 0.543. The van der Waals surface area contributed by atoms with E-state index >= 15 is 0 Å². The molecule has 0 spiro atoms. The van der Waals surface area contributed by atoms with E-state index in [9.17, 15) is 19.2 Å². The highest BCUT2D eigenvalue weighted by atomic mass is 35.5. The SMILES string of the molecule is CCOC(=O)c1c(NC(=O)COC(=O)COc2ccccc2Cl)sc(C(=O)NC)c1C. The van der Waals surface area contributed by atoms with Crippen LogP contribution in [0.1, 0.15) is 32.5 Å². The van der Waals surface area contributed by atoms with Crippen molar-refractivity contribution in [2.24, 2.45) is 0 Å². The Morgan fingerprint density at radius 1 is 1.10 bits per heavy atom. The number of anilines is 1. The number of benzene rings is 1. The molecule has 0 aliphatic carbocycles. The van der Waals surface area contributed by atoms with Crippen molar-refractivity contribution in [3.8, 4) is 5.75 Å². The van der Waals surface area contributed by atoms with E-state index in [2.05, 4.69) is 10.6 Å². The van der Waals surface area contributed by atoms with E-state index in [0.717, 1.165) is 11.3 Å². The number of carbonyl (C=O) groups excluding carboxylic acids is 4. The zero-order valence-electron chi connectivity index (χ0n) is 17.1. The number of halogens is 1. The largest absolute Gasteiger partial charge is 0.480 e. The van der Waals surface area contributed by atoms with Gasteiger partial charge in [0.25, 0.3) is 11.8 Å². The molecule has 0 atom stereocenters. The lowest BCUT2D eigenvalue weighted by atomic mass is 10.1. The number of thiophene rings is 1. The summed E-state index contributed by atoms with van der Waals surface area (Å²) in [5.41, 5.74) is 0.454. The standard InChI is InChI=1S/C20H21ClN2O7S/c1-4-28-20(27)16-11(2)17(18(26)22-3)31-19(16)23-14(24)9-30-15(25)10-29-13-8-6-5-7-12(13)21/h5-8H,4,9-10H2,1-3H3,(H,22,26)(H,23,24). The van der Waals surface area contributed by atoms with Crippen molar-refractivity contribution in [2.45, 2.75) is 13.8 Å². The predicted octanol–water partition coefficient (Wildman–Crippen LogP) is 2.81. The molecule has 0 fully saturated rings. The van der Waals surface area contributed by atoms with Gasteiger partial charge in [0.05, 0.1) is 22.1 Å². The fourth-order valence-corrected chi connectivity index (χ4v) is 3.78. The minimum atomic E-state index is -0.783. The van der Waals surface area contributed by atoms with Gasteiger partial charge in [-0.3, -0.25) is 9.59 Å². The Morgan fingerprint density at radius 2 is 1.81 bits per heavy atom. The van der Waals surface area contributed by atoms with Crippen molar-refractivity contribution in [3.63, 3.8) is 0 Å². The van der Waals surface area contributed by atoms with Gasteiger partial charge in [-0.2, -0.15) is 0 Å². The monoisotopic (exact) mass is 468 g/mol. The second-order valence-corrected chi connectivity index (χ2v) is 7.42. The van der Waals surface area contributed by atoms with Crippen LogP contribution < -0.4 is 15.4 Å². The van der Waals surface area contributed by atoms with Crippen molar-refractivity contribution < 1.29 is 33.4 Å². The third-order valence-electron chi connectivity index (χ3n) is 3.86. The molecule has 0 aliphatic heterocycles. The summed E-state index contributed by atoms with van der Waals surface area (Å²) in [5.74, 6) is -2.25. The molecular weight excluding hydrogens is 448 g/mol. The predicted molar refractivity (Wildman–Crippen MR) is 115 cm³/mol. The van der Waals surface area contributed by atoms with Crippen LogP contribution in [0.3, 0.4) is 0 Å². The number of carbonyl (C=O) groups is 4. The van der Waals surface area contributed by atoms with Gasteiger partial charge in [0, 0.05) is 7.05 Å². The fourth-order valence-electron chi connectivity index (χ4n) is 2.43. The Labute approximate surface area is 187 Å². The summed E-state index contributed by atoms with van der Waals surface area (Å²) in [6, 6.07) is 6.59. The van der Waals surface area contributed by atoms with Crippen molar-refractivity contribution in [1.82, 2.24) is 5.32 Å². The minimum absolute atomic E-state index is 0.0761. The Kier molecular flexibility index (Phi) is 8.83. The summed E-state index contributed by atoms with van der Waals surface area (Å²) in [5, 5.41) is 5.42. The number of hydrogen-bond acceptors (Lipinski definition) is 8. The van der Waals surface area contributed by atoms with Gasteiger partial charge in [-0.1, -0.05) is 23.7 Å². The van der Waals surface area contributed by atoms with Gasteiger partial charge in [-0.05, 0) is 31.5 Å². The fraction of sp³-hybridized carbons (Fsp3) is 0.300. The molecule has 2 N–H and O–H groups in total. The summed E-state index contributed by atoms with van der Waals surface area (Å²) in [6.07, 6.45) is 0. The van der Waals surface area contributed by atoms with Gasteiger partial charge in [0.15, 0.2) is 13.2 Å². The van der Waals surface area contributed by atoms with Crippen LogP contribution in [0.25, 0.3) is 0 Å². The van der Waals surface area contributed by atoms with E-state index < -0.39 is 37.0 Å². The molecule has 0 saturated carbocycles. The second kappa shape index (κ2) is 11.3. The van der Waals surface area contributed by atoms with Gasteiger partial charge < -0.3 is 24.8 Å². The highest BCUT2D eigenvalue weighted by Gasteiger charge is 2.26. The molecule has 9 nitrogen and oxygen atoms in total. The summed E-state index contributed by atoms with van der Waals surface area (Å²) in [4.78, 5) is 48.7. The van der Waals surface area contributed by atoms with E-state index in [1.165, 1.54) is 7.05 Å². The maximum atomic E-state index is 12.3. The van der Waals surface area contributed by atoms with Gasteiger partial charge >= 0.3 is 11.9 Å². The Bertz CT molecular complexity index is 990. The first kappa shape index (κ1) is 24.2. The summed E-state index contributed by atoms with van der Waals surface area (Å²) >= 11 is 6.85. The number of rotatable bonds is 9. The average molecular weight is 469 g/mol. The highest BCUT2D eigenvalue weighted by molar-refractivity contribution is 7.18. The molecule has 0 unspecified atom stereocenters. The third-order valence-corrected chi connectivity index (χ3v) is 5.38. The first-order chi connectivity index (χ1) is 14.8. The van der Waals surface area contributed by atoms with Crippen LogP contribution in [-0.2, 0) is 19.1 Å². The lowest BCUT2D eigenvalue weighted by Gasteiger charge is -2.09. The summed E-state index contributed by atoms with van der Waals surface area (Å²) in [6.45, 7) is 2.29. The molecular formula is C20H21ClN2O7S. The Balaban J connectivity index is 2.00. The van der Waals surface area contributed by atoms with Crippen LogP contribution in [0.4, 0.5) is 5.00 Å². The lowest BCUT2D eigenvalue weighted by Crippen LogP contribution is -2.24. The zero-order valence-corrected chi connectivity index (χ0v) is 18.6. The summed E-state index contributed by atoms with van der Waals surface area (Å²) < 4.78 is 15.1. The van der Waals surface area contributed by atoms with Crippen molar-refractivity contribution >= 4 is 51.7 Å². The molecule has 0 aliphatic rings. The van der Waals surface area contributed by atoms with E-state index in [-0.39, 0.29) is 22.0 Å². The van der Waals surface area contributed by atoms with Gasteiger partial charge in [0.2, 0.25) is 0 Å². The molecule has 1 heterocycles. The summed E-state index contributed by atoms with van der Waals surface area (Å²) in [7, 11) is 1.45. The molecule has 166 valence electrons. The maximum Gasteiger partial charge on any atom is 0.344 e. The Hall–Kier alpha value is -3.11. The molecule has 0 bridgehead atoms. The second-order valence-electron chi connectivity index (χ2n) is 5.99. The normalized spacial score (nSPS) is 10.2. The molecule has 2 aromatic rings. The van der Waals surface area contributed by atoms with Crippen LogP contribution in [0.2, 0.25) is 5.02 Å². The number of nitrogens with one attached hydrogen (secondary N) is 2. The average Bonchev–Trinajstić information content (AvgIpc) is 3.07. The van der Waals surface area contributed by atoms with Crippen LogP contribution >= 0.6 is 22.9 Å². The molecule has 0 radical (unpaired) electrons. The van der Waals surface area contributed by atoms with Crippen LogP contribution in [0.5, 0.6) is 5.75 Å². The number of esters is 2. The highest BCUT2D eigenvalue weighted by Crippen LogP contribution is 2.33. The van der Waals surface area contributed by atoms with E-state index in [4.69, 9.17) is 25.8 Å². The molecule has 1 aromatic carbocycles. The lowest BCUT2D eigenvalue weighted by molar-refractivity contribution is -0.149. The van der Waals surface area contributed by atoms with Crippen molar-refractivity contribution in [1.29, 1.82) is 0 Å². The van der Waals surface area contributed by atoms with E-state index in [1.807, 2.05) is 0 Å². The third kappa shape index (κ3) is 6.43. The zero-order chi connectivity index (χ0) is 23.0. The molecule has 2 amide bonds. The minimum Gasteiger partial charge on any atom is -0.480 e. The number of hydrogen-bond donors (Lipinski definition) is 2. The van der Waals surface area contributed by atoms with Crippen LogP contribution in [-0.4, -0.2) is 50.6 Å². The van der Waals surface area contributed by atoms with E-state index in [1.54, 1.807) is 38.1 Å². The van der Waals surface area contributed by atoms with Crippen molar-refractivity contribution in [2.75, 3.05) is 32.2 Å². The molecule has 31 heavy (non-hydrogen) atoms. The topological polar surface area (TPSA) is 120 Å². The molecule has 0 saturated heterocycles. The van der Waals surface area contributed by atoms with E-state index in [0.29, 0.717) is 16.3 Å². The van der Waals surface area contributed by atoms with Gasteiger partial charge in [0.1, 0.15) is 10.8 Å². The van der Waals surface area contributed by atoms with Crippen LogP contribution in [0.15, 0.2) is 24.3 Å². The number of para-hydroxylation sites is 1.